The summed E-state index contributed by atoms with van der Waals surface area (Å²) in [5.74, 6) is 1.58. The van der Waals surface area contributed by atoms with Crippen LogP contribution >= 0.6 is 24.0 Å². The van der Waals surface area contributed by atoms with Crippen LogP contribution in [0.25, 0.3) is 22.6 Å². The molecule has 3 heterocycles. The molecular formula is C32H36Cl2N6O. The summed E-state index contributed by atoms with van der Waals surface area (Å²) in [4.78, 5) is 13.4. The zero-order valence-corrected chi connectivity index (χ0v) is 25.1. The molecule has 0 saturated carbocycles. The lowest BCUT2D eigenvalue weighted by Crippen LogP contribution is -2.45. The van der Waals surface area contributed by atoms with Gasteiger partial charge in [0.05, 0.1) is 17.6 Å². The fourth-order valence-electron chi connectivity index (χ4n) is 5.29. The summed E-state index contributed by atoms with van der Waals surface area (Å²) in [5.41, 5.74) is 7.25. The van der Waals surface area contributed by atoms with E-state index in [2.05, 4.69) is 65.0 Å². The number of nitrogens with one attached hydrogen (secondary N) is 1. The normalized spacial score (nSPS) is 14.3. The predicted molar refractivity (Wildman–Crippen MR) is 168 cm³/mol. The number of fused-ring (bicyclic) bond motifs is 1. The molecule has 6 rings (SSSR count). The highest BCUT2D eigenvalue weighted by Crippen LogP contribution is 2.27. The zero-order valence-electron chi connectivity index (χ0n) is 23.5. The Morgan fingerprint density at radius 1 is 0.878 bits per heavy atom. The highest BCUT2D eigenvalue weighted by molar-refractivity contribution is 6.30. The molecule has 5 aromatic rings. The monoisotopic (exact) mass is 590 g/mol. The maximum atomic E-state index is 6.37. The molecule has 0 atom stereocenters. The van der Waals surface area contributed by atoms with Crippen molar-refractivity contribution in [2.75, 3.05) is 32.7 Å². The highest BCUT2D eigenvalue weighted by Gasteiger charge is 2.17. The second-order valence-corrected chi connectivity index (χ2v) is 10.9. The molecule has 7 nitrogen and oxygen atoms in total. The fourth-order valence-corrected chi connectivity index (χ4v) is 5.49. The highest BCUT2D eigenvalue weighted by atomic mass is 35.5. The predicted octanol–water partition coefficient (Wildman–Crippen LogP) is 6.57. The number of H-pyrrole nitrogens is 1. The summed E-state index contributed by atoms with van der Waals surface area (Å²) in [5, 5.41) is 5.58. The molecule has 0 amide bonds. The second-order valence-electron chi connectivity index (χ2n) is 10.5. The van der Waals surface area contributed by atoms with Gasteiger partial charge in [-0.3, -0.25) is 9.58 Å². The van der Waals surface area contributed by atoms with Gasteiger partial charge in [-0.05, 0) is 61.0 Å². The van der Waals surface area contributed by atoms with Gasteiger partial charge in [-0.1, -0.05) is 54.9 Å². The molecule has 9 heteroatoms. The number of likely N-dealkylation sites (N-methyl/N-ethyl adjacent to an activating group) is 1. The van der Waals surface area contributed by atoms with Crippen LogP contribution in [0.5, 0.6) is 5.75 Å². The number of ether oxygens (including phenoxy) is 1. The quantitative estimate of drug-likeness (QED) is 0.210. The van der Waals surface area contributed by atoms with E-state index in [0.717, 1.165) is 84.4 Å². The van der Waals surface area contributed by atoms with Crippen molar-refractivity contribution in [3.8, 4) is 17.3 Å². The molecule has 1 N–H and O–H groups in total. The Morgan fingerprint density at radius 3 is 2.44 bits per heavy atom. The van der Waals surface area contributed by atoms with Crippen molar-refractivity contribution in [3.63, 3.8) is 0 Å². The van der Waals surface area contributed by atoms with E-state index in [1.807, 2.05) is 41.1 Å². The summed E-state index contributed by atoms with van der Waals surface area (Å²) in [7, 11) is 0. The number of aromatic amines is 1. The third-order valence-electron chi connectivity index (χ3n) is 7.67. The summed E-state index contributed by atoms with van der Waals surface area (Å²) in [6.45, 7) is 11.9. The minimum absolute atomic E-state index is 0. The van der Waals surface area contributed by atoms with E-state index in [9.17, 15) is 0 Å². The molecule has 0 radical (unpaired) electrons. The number of nitrogens with zero attached hydrogens (tertiary/aromatic N) is 5. The topological polar surface area (TPSA) is 62.2 Å². The third-order valence-corrected chi connectivity index (χ3v) is 7.90. The number of aryl methyl sites for hydroxylation is 1. The van der Waals surface area contributed by atoms with Crippen LogP contribution < -0.4 is 4.74 Å². The molecular weight excluding hydrogens is 555 g/mol. The molecule has 0 aliphatic carbocycles. The minimum Gasteiger partial charge on any atom is -0.489 e. The SMILES string of the molecule is CCN1CCN(Cc2ccc3nc(-c4cc(C)n(Cc5cc(Cl)ccc5OCc5ccccc5)n4)[nH]c3c2)CC1.Cl. The van der Waals surface area contributed by atoms with Gasteiger partial charge in [-0.25, -0.2) is 4.98 Å². The Balaban J connectivity index is 0.00000337. The maximum absolute atomic E-state index is 6.37. The first-order chi connectivity index (χ1) is 19.5. The zero-order chi connectivity index (χ0) is 27.5. The van der Waals surface area contributed by atoms with Crippen LogP contribution in [0.3, 0.4) is 0 Å². The van der Waals surface area contributed by atoms with Crippen LogP contribution in [0.1, 0.15) is 29.3 Å². The van der Waals surface area contributed by atoms with Crippen molar-refractivity contribution in [2.24, 2.45) is 0 Å². The number of rotatable bonds is 9. The standard InChI is InChI=1S/C32H35ClN6O.ClH/c1-3-37-13-15-38(16-14-37)20-25-9-11-28-29(18-25)35-32(34-28)30-17-23(2)39(36-30)21-26-19-27(33)10-12-31(26)40-22-24-7-5-4-6-8-24;/h4-12,17-19H,3,13-16,20-22H2,1-2H3,(H,34,35);1H. The molecule has 214 valence electrons. The molecule has 0 spiro atoms. The first-order valence-corrected chi connectivity index (χ1v) is 14.3. The average molecular weight is 592 g/mol. The lowest BCUT2D eigenvalue weighted by atomic mass is 10.1. The molecule has 2 aromatic heterocycles. The lowest BCUT2D eigenvalue weighted by molar-refractivity contribution is 0.132. The Hall–Kier alpha value is -3.36. The average Bonchev–Trinajstić information content (AvgIpc) is 3.56. The number of piperazine rings is 1. The molecule has 1 saturated heterocycles. The smallest absolute Gasteiger partial charge is 0.159 e. The Kier molecular flexibility index (Phi) is 9.30. The number of benzene rings is 3. The van der Waals surface area contributed by atoms with Gasteiger partial charge in [0.2, 0.25) is 0 Å². The van der Waals surface area contributed by atoms with E-state index in [4.69, 9.17) is 26.4 Å². The van der Waals surface area contributed by atoms with Gasteiger partial charge in [0.1, 0.15) is 18.1 Å². The van der Waals surface area contributed by atoms with E-state index in [1.165, 1.54) is 5.56 Å². The number of imidazole rings is 1. The van der Waals surface area contributed by atoms with Gasteiger partial charge >= 0.3 is 0 Å². The van der Waals surface area contributed by atoms with Gasteiger partial charge in [0.25, 0.3) is 0 Å². The van der Waals surface area contributed by atoms with Gasteiger partial charge in [-0.2, -0.15) is 5.10 Å². The summed E-state index contributed by atoms with van der Waals surface area (Å²) < 4.78 is 8.15. The van der Waals surface area contributed by atoms with Crippen LogP contribution in [-0.4, -0.2) is 62.3 Å². The number of aromatic nitrogens is 4. The summed E-state index contributed by atoms with van der Waals surface area (Å²) in [6, 6.07) is 24.5. The van der Waals surface area contributed by atoms with Crippen molar-refractivity contribution in [1.82, 2.24) is 29.5 Å². The van der Waals surface area contributed by atoms with Crippen LogP contribution in [0.4, 0.5) is 0 Å². The van der Waals surface area contributed by atoms with Gasteiger partial charge in [0.15, 0.2) is 5.82 Å². The molecule has 1 aliphatic rings. The van der Waals surface area contributed by atoms with Crippen LogP contribution in [0.2, 0.25) is 5.02 Å². The lowest BCUT2D eigenvalue weighted by Gasteiger charge is -2.34. The van der Waals surface area contributed by atoms with Crippen molar-refractivity contribution in [2.45, 2.75) is 33.5 Å². The largest absolute Gasteiger partial charge is 0.489 e. The number of halogens is 2. The molecule has 1 aliphatic heterocycles. The second kappa shape index (κ2) is 13.1. The molecule has 1 fully saturated rings. The Morgan fingerprint density at radius 2 is 1.66 bits per heavy atom. The third kappa shape index (κ3) is 6.93. The molecule has 0 bridgehead atoms. The van der Waals surface area contributed by atoms with Crippen LogP contribution in [-0.2, 0) is 19.7 Å². The molecule has 0 unspecified atom stereocenters. The van der Waals surface area contributed by atoms with Crippen molar-refractivity contribution < 1.29 is 4.74 Å². The number of hydrogen-bond donors (Lipinski definition) is 1. The summed E-state index contributed by atoms with van der Waals surface area (Å²) in [6.07, 6.45) is 0. The number of hydrogen-bond acceptors (Lipinski definition) is 5. The summed E-state index contributed by atoms with van der Waals surface area (Å²) >= 11 is 6.37. The first kappa shape index (κ1) is 29.1. The van der Waals surface area contributed by atoms with E-state index >= 15 is 0 Å². The van der Waals surface area contributed by atoms with E-state index in [-0.39, 0.29) is 12.4 Å². The van der Waals surface area contributed by atoms with Crippen molar-refractivity contribution >= 4 is 35.0 Å². The van der Waals surface area contributed by atoms with Gasteiger partial charge in [0, 0.05) is 49.0 Å². The fraction of sp³-hybridized carbons (Fsp3) is 0.312. The Bertz CT molecular complexity index is 1590. The van der Waals surface area contributed by atoms with E-state index < -0.39 is 0 Å². The van der Waals surface area contributed by atoms with Gasteiger partial charge in [-0.15, -0.1) is 12.4 Å². The Labute approximate surface area is 252 Å². The minimum atomic E-state index is 0. The van der Waals surface area contributed by atoms with Crippen LogP contribution in [0.15, 0.2) is 72.8 Å². The molecule has 3 aromatic carbocycles. The van der Waals surface area contributed by atoms with Gasteiger partial charge < -0.3 is 14.6 Å². The first-order valence-electron chi connectivity index (χ1n) is 14.0. The molecule has 41 heavy (non-hydrogen) atoms. The van der Waals surface area contributed by atoms with Crippen molar-refractivity contribution in [1.29, 1.82) is 0 Å². The van der Waals surface area contributed by atoms with Crippen molar-refractivity contribution in [3.05, 3.63) is 100 Å². The maximum Gasteiger partial charge on any atom is 0.159 e. The van der Waals surface area contributed by atoms with Crippen LogP contribution in [0, 0.1) is 6.92 Å². The van der Waals surface area contributed by atoms with E-state index in [1.54, 1.807) is 0 Å². The van der Waals surface area contributed by atoms with E-state index in [0.29, 0.717) is 18.2 Å².